The monoisotopic (exact) mass is 628 g/mol. The van der Waals surface area contributed by atoms with Gasteiger partial charge in [0, 0.05) is 43.5 Å². The maximum atomic E-state index is 14.9. The number of primary amides is 1. The third kappa shape index (κ3) is 6.64. The Kier molecular flexibility index (Phi) is 9.40. The van der Waals surface area contributed by atoms with Gasteiger partial charge in [0.15, 0.2) is 11.5 Å². The fourth-order valence-corrected chi connectivity index (χ4v) is 6.63. The number of hydrogen-bond acceptors (Lipinski definition) is 5. The minimum absolute atomic E-state index is 0.0389. The average molecular weight is 629 g/mol. The molecule has 240 valence electrons. The molecule has 2 heterocycles. The van der Waals surface area contributed by atoms with Crippen molar-refractivity contribution in [2.75, 3.05) is 33.9 Å². The van der Waals surface area contributed by atoms with E-state index in [1.54, 1.807) is 19.2 Å². The molecule has 0 spiro atoms. The number of amides is 2. The summed E-state index contributed by atoms with van der Waals surface area (Å²) in [5, 5.41) is 0. The highest BCUT2D eigenvalue weighted by molar-refractivity contribution is 6.02. The molecule has 1 fully saturated rings. The Morgan fingerprint density at radius 3 is 2.06 bits per heavy atom. The summed E-state index contributed by atoms with van der Waals surface area (Å²) in [6.07, 6.45) is 0.740. The van der Waals surface area contributed by atoms with Crippen LogP contribution < -0.4 is 15.2 Å². The number of piperazine rings is 1. The Balaban J connectivity index is 1.45. The van der Waals surface area contributed by atoms with Crippen molar-refractivity contribution < 1.29 is 19.1 Å². The Morgan fingerprint density at radius 2 is 1.45 bits per heavy atom. The number of carbonyl (C=O) groups is 2. The van der Waals surface area contributed by atoms with E-state index >= 15 is 0 Å². The maximum Gasteiger partial charge on any atom is 0.256 e. The van der Waals surface area contributed by atoms with E-state index in [4.69, 9.17) is 15.2 Å². The summed E-state index contributed by atoms with van der Waals surface area (Å²) in [5.74, 6) is 0.176. The molecule has 0 bridgehead atoms. The smallest absolute Gasteiger partial charge is 0.256 e. The van der Waals surface area contributed by atoms with E-state index in [9.17, 15) is 9.59 Å². The van der Waals surface area contributed by atoms with Crippen molar-refractivity contribution in [2.45, 2.75) is 25.9 Å². The number of hydrogen-bond donors (Lipinski definition) is 1. The van der Waals surface area contributed by atoms with Gasteiger partial charge in [-0.05, 0) is 48.2 Å². The van der Waals surface area contributed by atoms with Gasteiger partial charge in [0.05, 0.1) is 31.2 Å². The second-order valence-electron chi connectivity index (χ2n) is 11.9. The maximum absolute atomic E-state index is 14.9. The molecule has 0 radical (unpaired) electrons. The zero-order valence-corrected chi connectivity index (χ0v) is 27.1. The highest BCUT2D eigenvalue weighted by Crippen LogP contribution is 2.40. The minimum Gasteiger partial charge on any atom is -0.493 e. The molecule has 5 aromatic rings. The Morgan fingerprint density at radius 1 is 0.809 bits per heavy atom. The van der Waals surface area contributed by atoms with Crippen LogP contribution in [0.5, 0.6) is 11.5 Å². The predicted molar refractivity (Wildman–Crippen MR) is 184 cm³/mol. The zero-order chi connectivity index (χ0) is 32.9. The van der Waals surface area contributed by atoms with Crippen molar-refractivity contribution in [2.24, 2.45) is 5.73 Å². The molecule has 1 aromatic heterocycles. The number of benzene rings is 4. The number of nitrogens with two attached hydrogens (primary N) is 1. The van der Waals surface area contributed by atoms with Crippen LogP contribution in [0.25, 0.3) is 16.9 Å². The van der Waals surface area contributed by atoms with Crippen LogP contribution in [-0.2, 0) is 13.0 Å². The number of ether oxygens (including phenoxy) is 2. The summed E-state index contributed by atoms with van der Waals surface area (Å²) in [7, 11) is 3.08. The van der Waals surface area contributed by atoms with Crippen LogP contribution >= 0.6 is 0 Å². The third-order valence-corrected chi connectivity index (χ3v) is 8.84. The van der Waals surface area contributed by atoms with E-state index in [1.807, 2.05) is 77.1 Å². The van der Waals surface area contributed by atoms with Crippen LogP contribution in [-0.4, -0.2) is 66.1 Å². The fraction of sp³-hybridized carbons (Fsp3) is 0.231. The molecule has 1 aliphatic heterocycles. The molecule has 1 saturated heterocycles. The lowest BCUT2D eigenvalue weighted by atomic mass is 9.99. The van der Waals surface area contributed by atoms with Gasteiger partial charge >= 0.3 is 0 Å². The first-order valence-electron chi connectivity index (χ1n) is 15.8. The van der Waals surface area contributed by atoms with Crippen molar-refractivity contribution in [3.63, 3.8) is 0 Å². The lowest BCUT2D eigenvalue weighted by molar-refractivity contribution is 0.0439. The number of carbonyl (C=O) groups excluding carboxylic acids is 2. The molecular formula is C39H40N4O4. The molecule has 1 aliphatic rings. The van der Waals surface area contributed by atoms with E-state index in [0.717, 1.165) is 37.3 Å². The van der Waals surface area contributed by atoms with Crippen molar-refractivity contribution in [1.82, 2.24) is 14.4 Å². The minimum atomic E-state index is -0.591. The topological polar surface area (TPSA) is 90.0 Å². The lowest BCUT2D eigenvalue weighted by Gasteiger charge is -2.42. The Bertz CT molecular complexity index is 1850. The van der Waals surface area contributed by atoms with Gasteiger partial charge in [-0.2, -0.15) is 0 Å². The molecule has 1 atom stereocenters. The van der Waals surface area contributed by atoms with Gasteiger partial charge in [0.25, 0.3) is 5.91 Å². The summed E-state index contributed by atoms with van der Waals surface area (Å²) in [6.45, 7) is 4.89. The predicted octanol–water partition coefficient (Wildman–Crippen LogP) is 6.14. The van der Waals surface area contributed by atoms with Gasteiger partial charge in [0.1, 0.15) is 0 Å². The van der Waals surface area contributed by atoms with Gasteiger partial charge < -0.3 is 24.7 Å². The van der Waals surface area contributed by atoms with Crippen molar-refractivity contribution >= 4 is 11.8 Å². The second kappa shape index (κ2) is 14.0. The highest BCUT2D eigenvalue weighted by Gasteiger charge is 2.34. The summed E-state index contributed by atoms with van der Waals surface area (Å²) in [6, 6.07) is 35.8. The van der Waals surface area contributed by atoms with Crippen LogP contribution in [0.3, 0.4) is 0 Å². The number of nitrogens with zero attached hydrogens (tertiary/aromatic N) is 3. The first-order valence-corrected chi connectivity index (χ1v) is 15.8. The standard InChI is InChI=1S/C39H40N4O4/c1-27-21-33(36(30-17-11-6-12-18-30)43(27)34-23-31(38(40)44)24-35(46-2)37(34)47-3)39(45)42-20-19-41(25-29-15-9-5-10-16-29)26-32(42)22-28-13-7-4-8-14-28/h4-18,21,23-24,32H,19-20,22,25-26H2,1-3H3,(H2,40,44)/t32-/m1/s1. The molecule has 6 rings (SSSR count). The average Bonchev–Trinajstić information content (AvgIpc) is 3.45. The number of aryl methyl sites for hydroxylation is 1. The van der Waals surface area contributed by atoms with E-state index in [1.165, 1.54) is 18.2 Å². The summed E-state index contributed by atoms with van der Waals surface area (Å²) < 4.78 is 13.4. The number of rotatable bonds is 10. The van der Waals surface area contributed by atoms with Gasteiger partial charge in [-0.1, -0.05) is 91.0 Å². The van der Waals surface area contributed by atoms with Crippen molar-refractivity contribution in [3.8, 4) is 28.4 Å². The molecule has 2 N–H and O–H groups in total. The summed E-state index contributed by atoms with van der Waals surface area (Å²) in [4.78, 5) is 31.7. The first kappa shape index (κ1) is 31.6. The van der Waals surface area contributed by atoms with E-state index in [0.29, 0.717) is 35.0 Å². The van der Waals surface area contributed by atoms with Crippen molar-refractivity contribution in [3.05, 3.63) is 137 Å². The Hall–Kier alpha value is -5.34. The van der Waals surface area contributed by atoms with Gasteiger partial charge in [-0.3, -0.25) is 14.5 Å². The molecule has 2 amide bonds. The fourth-order valence-electron chi connectivity index (χ4n) is 6.63. The molecule has 0 saturated carbocycles. The summed E-state index contributed by atoms with van der Waals surface area (Å²) in [5.41, 5.74) is 12.0. The van der Waals surface area contributed by atoms with E-state index < -0.39 is 5.91 Å². The Labute approximate surface area is 275 Å². The van der Waals surface area contributed by atoms with Crippen LogP contribution in [0.2, 0.25) is 0 Å². The quantitative estimate of drug-likeness (QED) is 0.201. The number of methoxy groups -OCH3 is 2. The third-order valence-electron chi connectivity index (χ3n) is 8.84. The highest BCUT2D eigenvalue weighted by atomic mass is 16.5. The molecule has 47 heavy (non-hydrogen) atoms. The van der Waals surface area contributed by atoms with Crippen LogP contribution in [0, 0.1) is 6.92 Å². The molecule has 0 unspecified atom stereocenters. The van der Waals surface area contributed by atoms with Crippen LogP contribution in [0.4, 0.5) is 0 Å². The van der Waals surface area contributed by atoms with Crippen molar-refractivity contribution in [1.29, 1.82) is 0 Å². The largest absolute Gasteiger partial charge is 0.493 e. The van der Waals surface area contributed by atoms with Gasteiger partial charge in [-0.25, -0.2) is 0 Å². The molecule has 8 nitrogen and oxygen atoms in total. The van der Waals surface area contributed by atoms with Gasteiger partial charge in [0.2, 0.25) is 5.91 Å². The van der Waals surface area contributed by atoms with Gasteiger partial charge in [-0.15, -0.1) is 0 Å². The van der Waals surface area contributed by atoms with Crippen LogP contribution in [0.15, 0.2) is 109 Å². The number of aromatic nitrogens is 1. The lowest BCUT2D eigenvalue weighted by Crippen LogP contribution is -2.55. The molecule has 8 heteroatoms. The molecule has 4 aromatic carbocycles. The van der Waals surface area contributed by atoms with E-state index in [-0.39, 0.29) is 17.5 Å². The summed E-state index contributed by atoms with van der Waals surface area (Å²) >= 11 is 0. The molecule has 0 aliphatic carbocycles. The normalized spacial score (nSPS) is 15.0. The van der Waals surface area contributed by atoms with Crippen LogP contribution in [0.1, 0.15) is 37.5 Å². The second-order valence-corrected chi connectivity index (χ2v) is 11.9. The first-order chi connectivity index (χ1) is 22.9. The van der Waals surface area contributed by atoms with E-state index in [2.05, 4.69) is 41.3 Å². The SMILES string of the molecule is COc1cc(C(N)=O)cc(-n2c(C)cc(C(=O)N3CCN(Cc4ccccc4)C[C@H]3Cc3ccccc3)c2-c2ccccc2)c1OC. The zero-order valence-electron chi connectivity index (χ0n) is 27.1. The molecular weight excluding hydrogens is 588 g/mol.